The van der Waals surface area contributed by atoms with Crippen LogP contribution in [0.4, 0.5) is 0 Å². The van der Waals surface area contributed by atoms with Crippen LogP contribution in [0.5, 0.6) is 0 Å². The molecule has 0 aromatic heterocycles. The number of quaternary nitrogens is 1. The molecule has 3 nitrogen and oxygen atoms in total. The number of likely N-dealkylation sites (tertiary alicyclic amines) is 1. The van der Waals surface area contributed by atoms with Crippen molar-refractivity contribution in [2.45, 2.75) is 26.0 Å². The number of nitrogens with zero attached hydrogens (tertiary/aromatic N) is 1. The molecule has 0 aromatic carbocycles. The van der Waals surface area contributed by atoms with Gasteiger partial charge in [-0.15, -0.1) is 0 Å². The van der Waals surface area contributed by atoms with Gasteiger partial charge in [0, 0.05) is 6.42 Å². The van der Waals surface area contributed by atoms with Gasteiger partial charge >= 0.3 is 5.91 Å². The zero-order valence-electron chi connectivity index (χ0n) is 7.37. The molecule has 64 valence electrons. The number of amides is 1. The van der Waals surface area contributed by atoms with E-state index in [4.69, 9.17) is 0 Å². The van der Waals surface area contributed by atoms with Crippen molar-refractivity contribution in [1.82, 2.24) is 0 Å². The Balaban J connectivity index is 2.76. The minimum Gasteiger partial charge on any atom is -0.344 e. The van der Waals surface area contributed by atoms with Crippen LogP contribution in [0.15, 0.2) is 0 Å². The Morgan fingerprint density at radius 2 is 2.09 bits per heavy atom. The Bertz CT molecular complexity index is 177. The maximum absolute atomic E-state index is 11.3. The van der Waals surface area contributed by atoms with Crippen LogP contribution in [-0.2, 0) is 4.79 Å². The second-order valence-corrected chi connectivity index (χ2v) is 3.96. The topological polar surface area (TPSA) is 37.3 Å². The fraction of sp³-hybridized carbons (Fsp3) is 0.875. The van der Waals surface area contributed by atoms with Crippen LogP contribution in [0.2, 0.25) is 0 Å². The second-order valence-electron chi connectivity index (χ2n) is 3.96. The van der Waals surface area contributed by atoms with Crippen LogP contribution in [0.1, 0.15) is 19.8 Å². The first kappa shape index (κ1) is 8.68. The summed E-state index contributed by atoms with van der Waals surface area (Å²) in [6.07, 6.45) is 0.828. The normalized spacial score (nSPS) is 37.3. The van der Waals surface area contributed by atoms with Gasteiger partial charge in [0.2, 0.25) is 0 Å². The lowest BCUT2D eigenvalue weighted by Crippen LogP contribution is -2.57. The Morgan fingerprint density at radius 3 is 2.55 bits per heavy atom. The quantitative estimate of drug-likeness (QED) is 0.516. The molecule has 0 aromatic rings. The van der Waals surface area contributed by atoms with Crippen LogP contribution in [0, 0.1) is 5.92 Å². The average molecular weight is 158 g/mol. The molecule has 3 heteroatoms. The molecule has 1 heterocycles. The third kappa shape index (κ3) is 1.44. The average Bonchev–Trinajstić information content (AvgIpc) is 1.84. The van der Waals surface area contributed by atoms with Gasteiger partial charge in [0.15, 0.2) is 6.23 Å². The van der Waals surface area contributed by atoms with E-state index < -0.39 is 6.23 Å². The van der Waals surface area contributed by atoms with Crippen LogP contribution in [0.25, 0.3) is 0 Å². The monoisotopic (exact) mass is 158 g/mol. The van der Waals surface area contributed by atoms with E-state index in [1.807, 2.05) is 6.92 Å². The minimum absolute atomic E-state index is 0.129. The summed E-state index contributed by atoms with van der Waals surface area (Å²) in [6, 6.07) is 0. The standard InChI is InChI=1S/C8H16NO2/c1-6-4-7(10)9(2,3)8(11)5-6/h6-7,10H,4-5H2,1-3H3/q+1. The number of aliphatic hydroxyl groups is 1. The molecule has 0 radical (unpaired) electrons. The smallest absolute Gasteiger partial charge is 0.315 e. The summed E-state index contributed by atoms with van der Waals surface area (Å²) in [4.78, 5) is 11.3. The lowest BCUT2D eigenvalue weighted by atomic mass is 9.96. The zero-order chi connectivity index (χ0) is 8.65. The number of rotatable bonds is 0. The second kappa shape index (κ2) is 2.57. The third-order valence-corrected chi connectivity index (χ3v) is 2.52. The highest BCUT2D eigenvalue weighted by molar-refractivity contribution is 5.69. The van der Waals surface area contributed by atoms with Gasteiger partial charge < -0.3 is 5.11 Å². The summed E-state index contributed by atoms with van der Waals surface area (Å²) in [5.41, 5.74) is 0. The fourth-order valence-electron chi connectivity index (χ4n) is 1.41. The highest BCUT2D eigenvalue weighted by atomic mass is 16.3. The Labute approximate surface area is 67.2 Å². The number of hydrogen-bond donors (Lipinski definition) is 1. The van der Waals surface area contributed by atoms with Gasteiger partial charge in [-0.3, -0.25) is 0 Å². The number of piperidine rings is 1. The lowest BCUT2D eigenvalue weighted by Gasteiger charge is -2.37. The molecule has 2 unspecified atom stereocenters. The molecular formula is C8H16NO2+. The summed E-state index contributed by atoms with van der Waals surface area (Å²) in [7, 11) is 3.53. The Morgan fingerprint density at radius 1 is 1.55 bits per heavy atom. The van der Waals surface area contributed by atoms with E-state index in [0.29, 0.717) is 12.3 Å². The van der Waals surface area contributed by atoms with Crippen molar-refractivity contribution in [2.24, 2.45) is 5.92 Å². The summed E-state index contributed by atoms with van der Waals surface area (Å²) >= 11 is 0. The van der Waals surface area contributed by atoms with Gasteiger partial charge in [0.05, 0.1) is 20.5 Å². The first-order valence-electron chi connectivity index (χ1n) is 3.99. The molecule has 11 heavy (non-hydrogen) atoms. The molecule has 0 saturated carbocycles. The highest BCUT2D eigenvalue weighted by Gasteiger charge is 2.40. The van der Waals surface area contributed by atoms with Crippen molar-refractivity contribution < 1.29 is 14.4 Å². The van der Waals surface area contributed by atoms with Crippen LogP contribution in [-0.4, -0.2) is 35.8 Å². The SMILES string of the molecule is CC1CC(=O)[N+](C)(C)C(O)C1. The third-order valence-electron chi connectivity index (χ3n) is 2.52. The molecule has 0 aliphatic carbocycles. The zero-order valence-corrected chi connectivity index (χ0v) is 7.37. The molecule has 1 amide bonds. The Hall–Kier alpha value is -0.410. The van der Waals surface area contributed by atoms with E-state index in [2.05, 4.69) is 0 Å². The summed E-state index contributed by atoms with van der Waals surface area (Å²) in [5.74, 6) is 0.472. The molecule has 1 fully saturated rings. The van der Waals surface area contributed by atoms with Crippen LogP contribution < -0.4 is 0 Å². The van der Waals surface area contributed by atoms with Crippen molar-refractivity contribution >= 4 is 5.91 Å². The van der Waals surface area contributed by atoms with Crippen molar-refractivity contribution in [1.29, 1.82) is 0 Å². The molecule has 1 aliphatic rings. The van der Waals surface area contributed by atoms with Crippen LogP contribution in [0.3, 0.4) is 0 Å². The van der Waals surface area contributed by atoms with Crippen molar-refractivity contribution in [3.05, 3.63) is 0 Å². The van der Waals surface area contributed by atoms with Crippen LogP contribution >= 0.6 is 0 Å². The molecular weight excluding hydrogens is 142 g/mol. The predicted octanol–water partition coefficient (Wildman–Crippen LogP) is 0.338. The summed E-state index contributed by atoms with van der Waals surface area (Å²) < 4.78 is 0.129. The number of hydrogen-bond acceptors (Lipinski definition) is 2. The molecule has 0 spiro atoms. The molecule has 0 bridgehead atoms. The molecule has 1 N–H and O–H groups in total. The van der Waals surface area contributed by atoms with Gasteiger partial charge in [0.25, 0.3) is 0 Å². The van der Waals surface area contributed by atoms with E-state index in [1.54, 1.807) is 14.1 Å². The first-order chi connectivity index (χ1) is 4.94. The van der Waals surface area contributed by atoms with Crippen molar-refractivity contribution in [3.8, 4) is 0 Å². The Kier molecular flexibility index (Phi) is 2.03. The molecule has 1 aliphatic heterocycles. The number of aliphatic hydroxyl groups excluding tert-OH is 1. The largest absolute Gasteiger partial charge is 0.344 e. The maximum atomic E-state index is 11.3. The van der Waals surface area contributed by atoms with Crippen molar-refractivity contribution in [2.75, 3.05) is 14.1 Å². The predicted molar refractivity (Wildman–Crippen MR) is 41.5 cm³/mol. The van der Waals surface area contributed by atoms with Gasteiger partial charge in [-0.2, -0.15) is 0 Å². The van der Waals surface area contributed by atoms with Gasteiger partial charge in [-0.1, -0.05) is 6.92 Å². The minimum atomic E-state index is -0.508. The fourth-order valence-corrected chi connectivity index (χ4v) is 1.41. The highest BCUT2D eigenvalue weighted by Crippen LogP contribution is 2.25. The van der Waals surface area contributed by atoms with E-state index >= 15 is 0 Å². The molecule has 1 rings (SSSR count). The lowest BCUT2D eigenvalue weighted by molar-refractivity contribution is -0.870. The van der Waals surface area contributed by atoms with Crippen molar-refractivity contribution in [3.63, 3.8) is 0 Å². The molecule has 2 atom stereocenters. The molecule has 1 saturated heterocycles. The number of carbonyl (C=O) groups is 1. The van der Waals surface area contributed by atoms with E-state index in [-0.39, 0.29) is 10.4 Å². The summed E-state index contributed by atoms with van der Waals surface area (Å²) in [6.45, 7) is 2.00. The van der Waals surface area contributed by atoms with Gasteiger partial charge in [-0.05, 0) is 5.92 Å². The van der Waals surface area contributed by atoms with Gasteiger partial charge in [-0.25, -0.2) is 9.28 Å². The first-order valence-corrected chi connectivity index (χ1v) is 3.99. The van der Waals surface area contributed by atoms with Gasteiger partial charge in [0.1, 0.15) is 0 Å². The maximum Gasteiger partial charge on any atom is 0.315 e. The number of carbonyl (C=O) groups excluding carboxylic acids is 1. The van der Waals surface area contributed by atoms with E-state index in [9.17, 15) is 9.90 Å². The van der Waals surface area contributed by atoms with E-state index in [0.717, 1.165) is 6.42 Å². The summed E-state index contributed by atoms with van der Waals surface area (Å²) in [5, 5.41) is 9.53. The van der Waals surface area contributed by atoms with E-state index in [1.165, 1.54) is 0 Å².